The highest BCUT2D eigenvalue weighted by atomic mass is 35.5. The number of hydrogen-bond acceptors (Lipinski definition) is 5. The number of aliphatic imine (C=N–C) groups is 1. The van der Waals surface area contributed by atoms with Crippen LogP contribution < -0.4 is 14.4 Å². The number of rotatable bonds is 3. The molecule has 0 unspecified atom stereocenters. The molecule has 0 bridgehead atoms. The summed E-state index contributed by atoms with van der Waals surface area (Å²) in [5.74, 6) is 1.52. The second-order valence-electron chi connectivity index (χ2n) is 6.71. The zero-order valence-electron chi connectivity index (χ0n) is 15.6. The number of aromatic hydroxyl groups is 1. The van der Waals surface area contributed by atoms with Crippen molar-refractivity contribution in [1.82, 2.24) is 0 Å². The molecule has 3 aromatic rings. The van der Waals surface area contributed by atoms with Crippen molar-refractivity contribution in [3.63, 3.8) is 0 Å². The van der Waals surface area contributed by atoms with Gasteiger partial charge in [0.25, 0.3) is 5.91 Å². The first-order valence-corrected chi connectivity index (χ1v) is 9.56. The van der Waals surface area contributed by atoms with E-state index >= 15 is 0 Å². The number of nitrogens with zero attached hydrogens (tertiary/aromatic N) is 2. The number of amides is 1. The lowest BCUT2D eigenvalue weighted by Crippen LogP contribution is -2.32. The van der Waals surface area contributed by atoms with Crippen molar-refractivity contribution in [2.45, 2.75) is 0 Å². The first kappa shape index (κ1) is 18.3. The van der Waals surface area contributed by atoms with E-state index in [0.29, 0.717) is 33.6 Å². The third-order valence-corrected chi connectivity index (χ3v) is 5.11. The van der Waals surface area contributed by atoms with E-state index in [2.05, 4.69) is 4.99 Å². The third kappa shape index (κ3) is 3.17. The summed E-state index contributed by atoms with van der Waals surface area (Å²) in [6.45, 7) is 0.178. The molecular weight excluding hydrogens is 404 g/mol. The van der Waals surface area contributed by atoms with E-state index in [9.17, 15) is 9.90 Å². The number of phenolic OH excluding ortho intramolecular Hbond substituents is 1. The van der Waals surface area contributed by atoms with Crippen LogP contribution in [0.2, 0.25) is 5.02 Å². The maximum absolute atomic E-state index is 13.3. The van der Waals surface area contributed by atoms with Gasteiger partial charge in [0.15, 0.2) is 11.5 Å². The van der Waals surface area contributed by atoms with Gasteiger partial charge in [0.1, 0.15) is 17.3 Å². The van der Waals surface area contributed by atoms with E-state index < -0.39 is 0 Å². The summed E-state index contributed by atoms with van der Waals surface area (Å²) in [5, 5.41) is 10.1. The van der Waals surface area contributed by atoms with Gasteiger partial charge in [-0.2, -0.15) is 0 Å². The largest absolute Gasteiger partial charge is 0.508 e. The Morgan fingerprint density at radius 3 is 2.57 bits per heavy atom. The second kappa shape index (κ2) is 7.24. The molecular formula is C23H15ClN2O4. The minimum Gasteiger partial charge on any atom is -0.508 e. The Hall–Kier alpha value is -3.77. The maximum atomic E-state index is 13.3. The van der Waals surface area contributed by atoms with Crippen molar-refractivity contribution in [2.24, 2.45) is 4.99 Å². The molecule has 0 atom stereocenters. The fourth-order valence-corrected chi connectivity index (χ4v) is 3.56. The second-order valence-corrected chi connectivity index (χ2v) is 7.12. The van der Waals surface area contributed by atoms with Crippen LogP contribution in [-0.2, 0) is 4.79 Å². The van der Waals surface area contributed by atoms with Gasteiger partial charge in [0.2, 0.25) is 6.79 Å². The zero-order chi connectivity index (χ0) is 20.7. The molecule has 2 aliphatic rings. The number of ether oxygens (including phenoxy) is 2. The molecule has 0 saturated heterocycles. The fourth-order valence-electron chi connectivity index (χ4n) is 3.34. The molecule has 7 heteroatoms. The Labute approximate surface area is 177 Å². The summed E-state index contributed by atoms with van der Waals surface area (Å²) in [7, 11) is 0. The van der Waals surface area contributed by atoms with Crippen LogP contribution >= 0.6 is 11.6 Å². The molecule has 0 radical (unpaired) electrons. The van der Waals surface area contributed by atoms with Gasteiger partial charge < -0.3 is 14.6 Å². The minimum atomic E-state index is -0.298. The number of hydrogen-bond donors (Lipinski definition) is 1. The van der Waals surface area contributed by atoms with Crippen LogP contribution in [0.25, 0.3) is 6.08 Å². The van der Waals surface area contributed by atoms with Gasteiger partial charge in [-0.1, -0.05) is 29.8 Å². The lowest BCUT2D eigenvalue weighted by Gasteiger charge is -2.19. The Balaban J connectivity index is 1.61. The lowest BCUT2D eigenvalue weighted by molar-refractivity contribution is -0.113. The van der Waals surface area contributed by atoms with Crippen LogP contribution in [-0.4, -0.2) is 23.6 Å². The lowest BCUT2D eigenvalue weighted by atomic mass is 10.1. The number of halogens is 1. The first-order chi connectivity index (χ1) is 14.6. The fraction of sp³-hybridized carbons (Fsp3) is 0.0435. The third-order valence-electron chi connectivity index (χ3n) is 4.78. The number of amidine groups is 1. The van der Waals surface area contributed by atoms with E-state index in [-0.39, 0.29) is 24.1 Å². The van der Waals surface area contributed by atoms with Gasteiger partial charge in [0.05, 0.1) is 10.7 Å². The molecule has 6 nitrogen and oxygen atoms in total. The van der Waals surface area contributed by atoms with Crippen LogP contribution in [0.5, 0.6) is 17.2 Å². The molecule has 0 aromatic heterocycles. The van der Waals surface area contributed by atoms with Crippen LogP contribution in [0, 0.1) is 0 Å². The summed E-state index contributed by atoms with van der Waals surface area (Å²) >= 11 is 6.39. The van der Waals surface area contributed by atoms with Crippen molar-refractivity contribution in [2.75, 3.05) is 11.7 Å². The van der Waals surface area contributed by atoms with E-state index in [1.807, 2.05) is 24.3 Å². The number of carbonyl (C=O) groups excluding carboxylic acids is 1. The molecule has 0 fully saturated rings. The molecule has 2 heterocycles. The Morgan fingerprint density at radius 1 is 1.00 bits per heavy atom. The SMILES string of the molecule is O=C1/C(=C\c2ccc3c(c2)OCO3)N=C(c2ccccc2Cl)N1c1ccc(O)cc1. The predicted octanol–water partition coefficient (Wildman–Crippen LogP) is 4.61. The standard InChI is InChI=1S/C23H15ClN2O4/c24-18-4-2-1-3-17(18)22-25-19(11-14-5-10-20-21(12-14)30-13-29-20)23(28)26(22)15-6-8-16(27)9-7-15/h1-12,27H,13H2/b19-11+. The molecule has 3 aromatic carbocycles. The van der Waals surface area contributed by atoms with Crippen molar-refractivity contribution < 1.29 is 19.4 Å². The highest BCUT2D eigenvalue weighted by molar-refractivity contribution is 6.39. The maximum Gasteiger partial charge on any atom is 0.282 e. The summed E-state index contributed by atoms with van der Waals surface area (Å²) in [5.41, 5.74) is 2.23. The zero-order valence-corrected chi connectivity index (χ0v) is 16.3. The van der Waals surface area contributed by atoms with Crippen LogP contribution in [0.1, 0.15) is 11.1 Å². The molecule has 2 aliphatic heterocycles. The van der Waals surface area contributed by atoms with Crippen molar-refractivity contribution in [3.8, 4) is 17.2 Å². The highest BCUT2D eigenvalue weighted by Crippen LogP contribution is 2.35. The highest BCUT2D eigenvalue weighted by Gasteiger charge is 2.33. The first-order valence-electron chi connectivity index (χ1n) is 9.18. The topological polar surface area (TPSA) is 71.4 Å². The van der Waals surface area contributed by atoms with Crippen LogP contribution in [0.15, 0.2) is 77.4 Å². The number of phenols is 1. The smallest absolute Gasteiger partial charge is 0.282 e. The molecule has 148 valence electrons. The van der Waals surface area contributed by atoms with Gasteiger partial charge in [0, 0.05) is 5.56 Å². The average molecular weight is 419 g/mol. The monoisotopic (exact) mass is 418 g/mol. The van der Waals surface area contributed by atoms with Gasteiger partial charge in [-0.05, 0) is 60.2 Å². The number of anilines is 1. The van der Waals surface area contributed by atoms with E-state index in [1.54, 1.807) is 36.4 Å². The molecule has 30 heavy (non-hydrogen) atoms. The molecule has 0 spiro atoms. The molecule has 1 amide bonds. The summed E-state index contributed by atoms with van der Waals surface area (Å²) in [4.78, 5) is 19.4. The number of benzene rings is 3. The van der Waals surface area contributed by atoms with Crippen molar-refractivity contribution >= 4 is 35.1 Å². The van der Waals surface area contributed by atoms with Gasteiger partial charge in [-0.25, -0.2) is 4.99 Å². The van der Waals surface area contributed by atoms with Crippen LogP contribution in [0.4, 0.5) is 5.69 Å². The van der Waals surface area contributed by atoms with Gasteiger partial charge in [-0.3, -0.25) is 9.69 Å². The Morgan fingerprint density at radius 2 is 1.77 bits per heavy atom. The van der Waals surface area contributed by atoms with E-state index in [1.165, 1.54) is 17.0 Å². The molecule has 0 saturated carbocycles. The summed E-state index contributed by atoms with van der Waals surface area (Å²) in [6.07, 6.45) is 1.70. The molecule has 1 N–H and O–H groups in total. The predicted molar refractivity (Wildman–Crippen MR) is 114 cm³/mol. The molecule has 0 aliphatic carbocycles. The van der Waals surface area contributed by atoms with E-state index in [0.717, 1.165) is 5.56 Å². The average Bonchev–Trinajstić information content (AvgIpc) is 3.34. The minimum absolute atomic E-state index is 0.109. The summed E-state index contributed by atoms with van der Waals surface area (Å²) < 4.78 is 10.8. The Bertz CT molecular complexity index is 1220. The van der Waals surface area contributed by atoms with Gasteiger partial charge >= 0.3 is 0 Å². The van der Waals surface area contributed by atoms with Crippen molar-refractivity contribution in [1.29, 1.82) is 0 Å². The Kier molecular flexibility index (Phi) is 4.41. The molecule has 5 rings (SSSR count). The van der Waals surface area contributed by atoms with Gasteiger partial charge in [-0.15, -0.1) is 0 Å². The summed E-state index contributed by atoms with van der Waals surface area (Å²) in [6, 6.07) is 19.0. The normalized spacial score (nSPS) is 16.3. The van der Waals surface area contributed by atoms with E-state index in [4.69, 9.17) is 21.1 Å². The van der Waals surface area contributed by atoms with Crippen LogP contribution in [0.3, 0.4) is 0 Å². The quantitative estimate of drug-likeness (QED) is 0.630. The number of carbonyl (C=O) groups is 1. The van der Waals surface area contributed by atoms with Crippen molar-refractivity contribution in [3.05, 3.63) is 88.6 Å². The number of fused-ring (bicyclic) bond motifs is 1.